The minimum Gasteiger partial charge on any atom is -0.303 e. The molecule has 1 rings (SSSR count). The average Bonchev–Trinajstić information content (AvgIpc) is 2.21. The summed E-state index contributed by atoms with van der Waals surface area (Å²) in [6, 6.07) is 0. The summed E-state index contributed by atoms with van der Waals surface area (Å²) in [7, 11) is 4.56. The maximum Gasteiger partial charge on any atom is 0.0231 e. The third kappa shape index (κ3) is 2.13. The van der Waals surface area contributed by atoms with Gasteiger partial charge in [0.1, 0.15) is 0 Å². The van der Waals surface area contributed by atoms with E-state index in [9.17, 15) is 0 Å². The molecule has 14 heavy (non-hydrogen) atoms. The van der Waals surface area contributed by atoms with Gasteiger partial charge in [0.2, 0.25) is 0 Å². The monoisotopic (exact) mass is 197 g/mol. The first-order valence-corrected chi connectivity index (χ1v) is 6.34. The Kier molecular flexibility index (Phi) is 4.43. The Labute approximate surface area is 89.9 Å². The highest BCUT2D eigenvalue weighted by molar-refractivity contribution is 4.95. The second-order valence-electron chi connectivity index (χ2n) is 5.07. The molecule has 0 aromatic carbocycles. The van der Waals surface area contributed by atoms with Gasteiger partial charge in [-0.15, -0.1) is 0 Å². The fourth-order valence-corrected chi connectivity index (χ4v) is 3.43. The van der Waals surface area contributed by atoms with Gasteiger partial charge < -0.3 is 4.90 Å². The lowest BCUT2D eigenvalue weighted by molar-refractivity contribution is 0.0330. The molecule has 0 bridgehead atoms. The van der Waals surface area contributed by atoms with Gasteiger partial charge in [-0.1, -0.05) is 46.0 Å². The van der Waals surface area contributed by atoms with Crippen LogP contribution >= 0.6 is 0 Å². The van der Waals surface area contributed by atoms with Crippen LogP contribution < -0.4 is 0 Å². The fourth-order valence-electron chi connectivity index (χ4n) is 3.43. The molecule has 0 aromatic heterocycles. The Balaban J connectivity index is 2.78. The molecule has 1 aliphatic carbocycles. The molecule has 1 heteroatoms. The molecule has 1 nitrogen and oxygen atoms in total. The molecular formula is C13H27N. The van der Waals surface area contributed by atoms with Crippen molar-refractivity contribution in [1.29, 1.82) is 0 Å². The van der Waals surface area contributed by atoms with Gasteiger partial charge in [0.15, 0.2) is 0 Å². The molecule has 1 saturated carbocycles. The molecule has 0 unspecified atom stereocenters. The van der Waals surface area contributed by atoms with Crippen molar-refractivity contribution in [2.45, 2.75) is 64.3 Å². The molecule has 0 amide bonds. The van der Waals surface area contributed by atoms with Crippen LogP contribution in [0.3, 0.4) is 0 Å². The van der Waals surface area contributed by atoms with E-state index in [-0.39, 0.29) is 0 Å². The van der Waals surface area contributed by atoms with Crippen molar-refractivity contribution < 1.29 is 0 Å². The molecule has 0 heterocycles. The van der Waals surface area contributed by atoms with Crippen LogP contribution in [0.25, 0.3) is 0 Å². The summed E-state index contributed by atoms with van der Waals surface area (Å²) in [6.45, 7) is 4.71. The van der Waals surface area contributed by atoms with E-state index >= 15 is 0 Å². The van der Waals surface area contributed by atoms with Gasteiger partial charge in [0.25, 0.3) is 0 Å². The predicted molar refractivity (Wildman–Crippen MR) is 63.6 cm³/mol. The highest BCUT2D eigenvalue weighted by Gasteiger charge is 2.39. The molecule has 1 fully saturated rings. The van der Waals surface area contributed by atoms with Gasteiger partial charge in [0, 0.05) is 5.54 Å². The summed E-state index contributed by atoms with van der Waals surface area (Å²) in [5.74, 6) is 0.901. The first kappa shape index (κ1) is 12.0. The molecule has 0 spiro atoms. The standard InChI is InChI=1S/C13H27N/c1-5-12(6-2)13(14(3)4)10-8-7-9-11-13/h12H,5-11H2,1-4H3. The van der Waals surface area contributed by atoms with Gasteiger partial charge >= 0.3 is 0 Å². The van der Waals surface area contributed by atoms with Gasteiger partial charge in [0.05, 0.1) is 0 Å². The van der Waals surface area contributed by atoms with Crippen LogP contribution in [0.1, 0.15) is 58.8 Å². The third-order valence-electron chi connectivity index (χ3n) is 4.36. The molecule has 0 radical (unpaired) electrons. The lowest BCUT2D eigenvalue weighted by Gasteiger charge is -2.48. The summed E-state index contributed by atoms with van der Waals surface area (Å²) in [6.07, 6.45) is 9.86. The van der Waals surface area contributed by atoms with Crippen LogP contribution in [-0.2, 0) is 0 Å². The largest absolute Gasteiger partial charge is 0.303 e. The number of rotatable bonds is 4. The number of hydrogen-bond donors (Lipinski definition) is 0. The van der Waals surface area contributed by atoms with E-state index in [2.05, 4.69) is 32.8 Å². The Bertz CT molecular complexity index is 153. The van der Waals surface area contributed by atoms with Crippen LogP contribution in [0, 0.1) is 5.92 Å². The lowest BCUT2D eigenvalue weighted by atomic mass is 9.70. The van der Waals surface area contributed by atoms with Crippen molar-refractivity contribution in [2.75, 3.05) is 14.1 Å². The third-order valence-corrected chi connectivity index (χ3v) is 4.36. The Hall–Kier alpha value is -0.0400. The molecule has 0 saturated heterocycles. The van der Waals surface area contributed by atoms with Crippen LogP contribution in [0.2, 0.25) is 0 Å². The lowest BCUT2D eigenvalue weighted by Crippen LogP contribution is -2.51. The van der Waals surface area contributed by atoms with E-state index in [4.69, 9.17) is 0 Å². The van der Waals surface area contributed by atoms with Crippen LogP contribution in [0.15, 0.2) is 0 Å². The second kappa shape index (κ2) is 5.16. The summed E-state index contributed by atoms with van der Waals surface area (Å²) < 4.78 is 0. The normalized spacial score (nSPS) is 21.9. The van der Waals surface area contributed by atoms with Gasteiger partial charge in [-0.3, -0.25) is 0 Å². The average molecular weight is 197 g/mol. The summed E-state index contributed by atoms with van der Waals surface area (Å²) >= 11 is 0. The summed E-state index contributed by atoms with van der Waals surface area (Å²) in [4.78, 5) is 2.52. The maximum absolute atomic E-state index is 2.52. The van der Waals surface area contributed by atoms with E-state index in [1.54, 1.807) is 0 Å². The Morgan fingerprint density at radius 3 is 1.86 bits per heavy atom. The second-order valence-corrected chi connectivity index (χ2v) is 5.07. The molecule has 0 N–H and O–H groups in total. The van der Waals surface area contributed by atoms with Crippen molar-refractivity contribution in [3.05, 3.63) is 0 Å². The van der Waals surface area contributed by atoms with E-state index in [0.717, 1.165) is 5.92 Å². The summed E-state index contributed by atoms with van der Waals surface area (Å²) in [5, 5.41) is 0. The molecule has 0 aromatic rings. The first-order chi connectivity index (χ1) is 6.67. The van der Waals surface area contributed by atoms with Crippen LogP contribution in [0.4, 0.5) is 0 Å². The zero-order valence-electron chi connectivity index (χ0n) is 10.5. The number of nitrogens with zero attached hydrogens (tertiary/aromatic N) is 1. The van der Waals surface area contributed by atoms with Gasteiger partial charge in [-0.05, 0) is 32.9 Å². The smallest absolute Gasteiger partial charge is 0.0231 e. The van der Waals surface area contributed by atoms with E-state index in [1.165, 1.54) is 44.9 Å². The summed E-state index contributed by atoms with van der Waals surface area (Å²) in [5.41, 5.74) is 0.530. The highest BCUT2D eigenvalue weighted by atomic mass is 15.1. The van der Waals surface area contributed by atoms with Crippen molar-refractivity contribution in [3.8, 4) is 0 Å². The Morgan fingerprint density at radius 2 is 1.50 bits per heavy atom. The molecule has 0 atom stereocenters. The molecule has 1 aliphatic rings. The van der Waals surface area contributed by atoms with Crippen molar-refractivity contribution in [3.63, 3.8) is 0 Å². The van der Waals surface area contributed by atoms with Crippen molar-refractivity contribution in [1.82, 2.24) is 4.90 Å². The van der Waals surface area contributed by atoms with Crippen LogP contribution in [-0.4, -0.2) is 24.5 Å². The minimum atomic E-state index is 0.530. The van der Waals surface area contributed by atoms with E-state index in [1.807, 2.05) is 0 Å². The molecule has 84 valence electrons. The topological polar surface area (TPSA) is 3.24 Å². The van der Waals surface area contributed by atoms with Crippen LogP contribution in [0.5, 0.6) is 0 Å². The SMILES string of the molecule is CCC(CC)C1(N(C)C)CCCCC1. The predicted octanol–water partition coefficient (Wildman–Crippen LogP) is 3.69. The van der Waals surface area contributed by atoms with Gasteiger partial charge in [-0.2, -0.15) is 0 Å². The minimum absolute atomic E-state index is 0.530. The first-order valence-electron chi connectivity index (χ1n) is 6.34. The zero-order valence-corrected chi connectivity index (χ0v) is 10.5. The fraction of sp³-hybridized carbons (Fsp3) is 1.00. The van der Waals surface area contributed by atoms with E-state index in [0.29, 0.717) is 5.54 Å². The quantitative estimate of drug-likeness (QED) is 0.664. The zero-order chi connectivity index (χ0) is 10.6. The van der Waals surface area contributed by atoms with E-state index < -0.39 is 0 Å². The Morgan fingerprint density at radius 1 is 1.00 bits per heavy atom. The number of hydrogen-bond acceptors (Lipinski definition) is 1. The van der Waals surface area contributed by atoms with Crippen molar-refractivity contribution in [2.24, 2.45) is 5.92 Å². The maximum atomic E-state index is 2.52. The molecular weight excluding hydrogens is 170 g/mol. The molecule has 0 aliphatic heterocycles. The van der Waals surface area contributed by atoms with Crippen molar-refractivity contribution >= 4 is 0 Å². The van der Waals surface area contributed by atoms with Gasteiger partial charge in [-0.25, -0.2) is 0 Å². The highest BCUT2D eigenvalue weighted by Crippen LogP contribution is 2.41.